The summed E-state index contributed by atoms with van der Waals surface area (Å²) in [6, 6.07) is 17.4. The number of nitrogens with one attached hydrogen (secondary N) is 1. The summed E-state index contributed by atoms with van der Waals surface area (Å²) >= 11 is -1.51. The quantitative estimate of drug-likeness (QED) is 0.399. The summed E-state index contributed by atoms with van der Waals surface area (Å²) < 4.78 is 21.2. The standard InChI is InChI=1S/C27H36N2O5S/c1-5-34-24(30)19-27(28-35(33)26(2,3)4)15-10-16-29(25(31)32)23(27)18-20-11-9-14-22(17-20)21-12-7-6-8-13-21/h6-9,11-14,17,23,28H,5,10,15-16,18-19H2,1-4H3,(H,31,32)/t23-,27-,35?/m1/s1. The molecule has 7 nitrogen and oxygen atoms in total. The monoisotopic (exact) mass is 500 g/mol. The number of ether oxygens (including phenoxy) is 1. The van der Waals surface area contributed by atoms with E-state index in [1.165, 1.54) is 4.90 Å². The van der Waals surface area contributed by atoms with Gasteiger partial charge in [0.2, 0.25) is 0 Å². The Balaban J connectivity index is 2.03. The molecule has 1 aliphatic rings. The van der Waals surface area contributed by atoms with Crippen molar-refractivity contribution in [3.63, 3.8) is 0 Å². The maximum atomic E-state index is 13.3. The Morgan fingerprint density at radius 3 is 2.49 bits per heavy atom. The van der Waals surface area contributed by atoms with Crippen LogP contribution in [0.1, 0.15) is 52.5 Å². The van der Waals surface area contributed by atoms with E-state index in [0.29, 0.717) is 25.8 Å². The fourth-order valence-corrected chi connectivity index (χ4v) is 5.61. The normalized spacial score (nSPS) is 21.4. The third kappa shape index (κ3) is 6.78. The molecule has 0 spiro atoms. The number of nitrogens with zero attached hydrogens (tertiary/aromatic N) is 1. The van der Waals surface area contributed by atoms with Gasteiger partial charge in [-0.05, 0) is 63.6 Å². The lowest BCUT2D eigenvalue weighted by atomic mass is 9.76. The molecule has 1 saturated heterocycles. The van der Waals surface area contributed by atoms with Gasteiger partial charge in [-0.2, -0.15) is 0 Å². The van der Waals surface area contributed by atoms with E-state index in [0.717, 1.165) is 16.7 Å². The van der Waals surface area contributed by atoms with Crippen molar-refractivity contribution in [2.45, 2.75) is 69.7 Å². The molecule has 2 aromatic rings. The molecular formula is C27H36N2O5S. The Hall–Kier alpha value is -2.55. The van der Waals surface area contributed by atoms with Crippen LogP contribution in [0.15, 0.2) is 54.6 Å². The molecular weight excluding hydrogens is 464 g/mol. The van der Waals surface area contributed by atoms with Crippen molar-refractivity contribution in [2.24, 2.45) is 0 Å². The molecule has 8 heteroatoms. The molecule has 1 heterocycles. The molecule has 0 bridgehead atoms. The molecule has 2 aromatic carbocycles. The zero-order valence-electron chi connectivity index (χ0n) is 21.0. The third-order valence-corrected chi connectivity index (χ3v) is 8.07. The van der Waals surface area contributed by atoms with Crippen molar-refractivity contribution in [2.75, 3.05) is 13.2 Å². The van der Waals surface area contributed by atoms with Gasteiger partial charge in [-0.15, -0.1) is 4.72 Å². The highest BCUT2D eigenvalue weighted by atomic mass is 32.2. The van der Waals surface area contributed by atoms with Crippen LogP contribution in [-0.2, 0) is 27.3 Å². The number of carboxylic acid groups (broad SMARTS) is 1. The number of rotatable bonds is 8. The number of likely N-dealkylation sites (tertiary alicyclic amines) is 1. The maximum Gasteiger partial charge on any atom is 0.407 e. The van der Waals surface area contributed by atoms with Crippen molar-refractivity contribution >= 4 is 23.4 Å². The van der Waals surface area contributed by atoms with Crippen LogP contribution in [0.5, 0.6) is 0 Å². The Morgan fingerprint density at radius 2 is 1.86 bits per heavy atom. The van der Waals surface area contributed by atoms with Gasteiger partial charge in [-0.1, -0.05) is 54.6 Å². The number of hydrogen-bond donors (Lipinski definition) is 2. The molecule has 0 aliphatic carbocycles. The number of benzene rings is 2. The Labute approximate surface area is 211 Å². The van der Waals surface area contributed by atoms with Gasteiger partial charge in [-0.25, -0.2) is 4.79 Å². The lowest BCUT2D eigenvalue weighted by Crippen LogP contribution is -2.68. The zero-order valence-corrected chi connectivity index (χ0v) is 21.8. The van der Waals surface area contributed by atoms with Crippen LogP contribution in [0.3, 0.4) is 0 Å². The Morgan fingerprint density at radius 1 is 1.17 bits per heavy atom. The topological polar surface area (TPSA) is 102 Å². The molecule has 0 radical (unpaired) electrons. The molecule has 1 aliphatic heterocycles. The highest BCUT2D eigenvalue weighted by molar-refractivity contribution is 7.90. The second kappa shape index (κ2) is 11.5. The van der Waals surface area contributed by atoms with Crippen LogP contribution >= 0.6 is 0 Å². The predicted molar refractivity (Wildman–Crippen MR) is 138 cm³/mol. The van der Waals surface area contributed by atoms with Crippen molar-refractivity contribution in [3.05, 3.63) is 60.2 Å². The van der Waals surface area contributed by atoms with E-state index < -0.39 is 39.8 Å². The van der Waals surface area contributed by atoms with E-state index in [9.17, 15) is 19.2 Å². The Bertz CT molecular complexity index is 1010. The number of esters is 1. The molecule has 3 atom stereocenters. The molecule has 35 heavy (non-hydrogen) atoms. The van der Waals surface area contributed by atoms with Crippen LogP contribution in [0.4, 0.5) is 4.79 Å². The van der Waals surface area contributed by atoms with Gasteiger partial charge >= 0.3 is 12.1 Å². The minimum absolute atomic E-state index is 0.0600. The molecule has 0 aromatic heterocycles. The summed E-state index contributed by atoms with van der Waals surface area (Å²) in [4.78, 5) is 26.5. The summed E-state index contributed by atoms with van der Waals surface area (Å²) in [6.45, 7) is 7.87. The molecule has 1 fully saturated rings. The van der Waals surface area contributed by atoms with E-state index in [4.69, 9.17) is 4.74 Å². The molecule has 190 valence electrons. The number of amides is 1. The summed E-state index contributed by atoms with van der Waals surface area (Å²) in [5.74, 6) is -0.429. The highest BCUT2D eigenvalue weighted by Gasteiger charge is 2.52. The summed E-state index contributed by atoms with van der Waals surface area (Å²) in [7, 11) is 0. The maximum absolute atomic E-state index is 13.3. The molecule has 3 rings (SSSR count). The van der Waals surface area contributed by atoms with Crippen LogP contribution in [0.25, 0.3) is 11.1 Å². The fraction of sp³-hybridized carbons (Fsp3) is 0.481. The average Bonchev–Trinajstić information content (AvgIpc) is 2.80. The number of piperidine rings is 1. The first-order chi connectivity index (χ1) is 16.6. The molecule has 1 unspecified atom stereocenters. The van der Waals surface area contributed by atoms with Gasteiger partial charge < -0.3 is 19.3 Å². The van der Waals surface area contributed by atoms with Crippen molar-refractivity contribution in [1.82, 2.24) is 9.62 Å². The number of carbonyl (C=O) groups is 2. The van der Waals surface area contributed by atoms with Crippen LogP contribution in [0, 0.1) is 0 Å². The van der Waals surface area contributed by atoms with E-state index in [1.807, 2.05) is 69.3 Å². The zero-order chi connectivity index (χ0) is 25.6. The first kappa shape index (κ1) is 27.0. The molecule has 0 saturated carbocycles. The molecule has 1 amide bonds. The summed E-state index contributed by atoms with van der Waals surface area (Å²) in [5.41, 5.74) is 2.02. The van der Waals surface area contributed by atoms with E-state index in [1.54, 1.807) is 6.92 Å². The van der Waals surface area contributed by atoms with E-state index >= 15 is 0 Å². The first-order valence-electron chi connectivity index (χ1n) is 12.0. The summed E-state index contributed by atoms with van der Waals surface area (Å²) in [5, 5.41) is 10.1. The van der Waals surface area contributed by atoms with Gasteiger partial charge in [0, 0.05) is 17.9 Å². The van der Waals surface area contributed by atoms with Gasteiger partial charge in [-0.3, -0.25) is 4.79 Å². The number of carbonyl (C=O) groups excluding carboxylic acids is 1. The fourth-order valence-electron chi connectivity index (χ4n) is 4.62. The van der Waals surface area contributed by atoms with Crippen molar-refractivity contribution < 1.29 is 24.0 Å². The molecule has 2 N–H and O–H groups in total. The van der Waals surface area contributed by atoms with E-state index in [-0.39, 0.29) is 13.0 Å². The number of hydrogen-bond acceptors (Lipinski definition) is 5. The predicted octanol–water partition coefficient (Wildman–Crippen LogP) is 4.78. The van der Waals surface area contributed by atoms with E-state index in [2.05, 4.69) is 10.8 Å². The van der Waals surface area contributed by atoms with Crippen molar-refractivity contribution in [1.29, 1.82) is 0 Å². The minimum Gasteiger partial charge on any atom is -0.598 e. The van der Waals surface area contributed by atoms with Gasteiger partial charge in [0.25, 0.3) is 0 Å². The highest BCUT2D eigenvalue weighted by Crippen LogP contribution is 2.36. The summed E-state index contributed by atoms with van der Waals surface area (Å²) in [6.07, 6.45) is 0.336. The SMILES string of the molecule is CCOC(=O)C[C@]1(N[S+]([O-])C(C)(C)C)CCCN(C(=O)O)[C@@H]1Cc1cccc(-c2ccccc2)c1. The second-order valence-electron chi connectivity index (χ2n) is 9.99. The van der Waals surface area contributed by atoms with Crippen LogP contribution < -0.4 is 4.72 Å². The van der Waals surface area contributed by atoms with Crippen LogP contribution in [-0.4, -0.2) is 56.1 Å². The van der Waals surface area contributed by atoms with Crippen molar-refractivity contribution in [3.8, 4) is 11.1 Å². The van der Waals surface area contributed by atoms with Gasteiger partial charge in [0.1, 0.15) is 4.75 Å². The van der Waals surface area contributed by atoms with Gasteiger partial charge in [0.05, 0.1) is 24.6 Å². The first-order valence-corrected chi connectivity index (χ1v) is 13.2. The third-order valence-electron chi connectivity index (χ3n) is 6.36. The largest absolute Gasteiger partial charge is 0.598 e. The second-order valence-corrected chi connectivity index (χ2v) is 12.0. The van der Waals surface area contributed by atoms with Crippen LogP contribution in [0.2, 0.25) is 0 Å². The van der Waals surface area contributed by atoms with Gasteiger partial charge in [0.15, 0.2) is 0 Å². The minimum atomic E-state index is -1.51. The smallest absolute Gasteiger partial charge is 0.407 e. The average molecular weight is 501 g/mol. The lowest BCUT2D eigenvalue weighted by Gasteiger charge is -2.49. The lowest BCUT2D eigenvalue weighted by molar-refractivity contribution is -0.146. The Kier molecular flexibility index (Phi) is 8.85.